The van der Waals surface area contributed by atoms with Crippen molar-refractivity contribution in [3.05, 3.63) is 10.6 Å². The Bertz CT molecular complexity index is 431. The highest BCUT2D eigenvalue weighted by Crippen LogP contribution is 2.32. The minimum atomic E-state index is 0.223. The van der Waals surface area contributed by atoms with Gasteiger partial charge in [0.05, 0.1) is 22.7 Å². The lowest BCUT2D eigenvalue weighted by Gasteiger charge is -2.26. The van der Waals surface area contributed by atoms with Gasteiger partial charge in [-0.1, -0.05) is 25.2 Å². The number of rotatable bonds is 4. The van der Waals surface area contributed by atoms with Crippen molar-refractivity contribution < 1.29 is 9.53 Å². The van der Waals surface area contributed by atoms with Crippen molar-refractivity contribution in [2.45, 2.75) is 45.3 Å². The number of anilines is 1. The molecular formula is C13H20N2O2S. The van der Waals surface area contributed by atoms with Crippen LogP contribution < -0.4 is 4.90 Å². The van der Waals surface area contributed by atoms with E-state index in [0.717, 1.165) is 35.0 Å². The number of hydrogen-bond donors (Lipinski definition) is 0. The lowest BCUT2D eigenvalue weighted by molar-refractivity contribution is 0.112. The summed E-state index contributed by atoms with van der Waals surface area (Å²) in [6, 6.07) is 0.357. The van der Waals surface area contributed by atoms with E-state index in [9.17, 15) is 4.79 Å². The van der Waals surface area contributed by atoms with Gasteiger partial charge in [-0.3, -0.25) is 4.79 Å². The van der Waals surface area contributed by atoms with E-state index in [1.165, 1.54) is 11.3 Å². The van der Waals surface area contributed by atoms with Crippen LogP contribution in [0.5, 0.6) is 0 Å². The molecule has 1 saturated heterocycles. The fraction of sp³-hybridized carbons (Fsp3) is 0.692. The number of likely N-dealkylation sites (N-methyl/N-ethyl adjacent to an activating group) is 1. The second-order valence-electron chi connectivity index (χ2n) is 5.06. The predicted molar refractivity (Wildman–Crippen MR) is 73.8 cm³/mol. The first-order valence-corrected chi connectivity index (χ1v) is 7.16. The minimum Gasteiger partial charge on any atom is -0.376 e. The first-order chi connectivity index (χ1) is 8.54. The van der Waals surface area contributed by atoms with Gasteiger partial charge in [0.2, 0.25) is 0 Å². The number of thiazole rings is 1. The highest BCUT2D eigenvalue weighted by molar-refractivity contribution is 7.17. The molecule has 1 aromatic heterocycles. The van der Waals surface area contributed by atoms with Crippen LogP contribution >= 0.6 is 11.3 Å². The summed E-state index contributed by atoms with van der Waals surface area (Å²) in [5, 5.41) is 0.920. The summed E-state index contributed by atoms with van der Waals surface area (Å²) in [7, 11) is 2.04. The first kappa shape index (κ1) is 13.5. The van der Waals surface area contributed by atoms with Gasteiger partial charge in [-0.25, -0.2) is 4.98 Å². The monoisotopic (exact) mass is 268 g/mol. The molecule has 1 fully saturated rings. The number of hydrogen-bond acceptors (Lipinski definition) is 5. The Hall–Kier alpha value is -0.940. The van der Waals surface area contributed by atoms with Gasteiger partial charge in [-0.2, -0.15) is 0 Å². The van der Waals surface area contributed by atoms with Gasteiger partial charge in [0, 0.05) is 13.7 Å². The molecule has 4 nitrogen and oxygen atoms in total. The molecule has 1 aromatic rings. The molecule has 0 amide bonds. The molecule has 2 rings (SSSR count). The molecule has 2 unspecified atom stereocenters. The van der Waals surface area contributed by atoms with Crippen molar-refractivity contribution in [2.24, 2.45) is 0 Å². The van der Waals surface area contributed by atoms with Crippen molar-refractivity contribution in [1.82, 2.24) is 4.98 Å². The second kappa shape index (κ2) is 5.36. The van der Waals surface area contributed by atoms with Gasteiger partial charge in [-0.15, -0.1) is 0 Å². The number of carbonyl (C=O) groups is 1. The average Bonchev–Trinajstić information content (AvgIpc) is 2.93. The first-order valence-electron chi connectivity index (χ1n) is 6.35. The largest absolute Gasteiger partial charge is 0.376 e. The van der Waals surface area contributed by atoms with E-state index in [1.54, 1.807) is 0 Å². The van der Waals surface area contributed by atoms with Crippen molar-refractivity contribution >= 4 is 22.8 Å². The van der Waals surface area contributed by atoms with Gasteiger partial charge in [0.25, 0.3) is 0 Å². The molecule has 0 radical (unpaired) electrons. The molecule has 0 aliphatic carbocycles. The molecule has 1 aliphatic heterocycles. The van der Waals surface area contributed by atoms with Gasteiger partial charge in [0.15, 0.2) is 11.4 Å². The predicted octanol–water partition coefficient (Wildman–Crippen LogP) is 2.69. The van der Waals surface area contributed by atoms with Crippen LogP contribution in [0, 0.1) is 0 Å². The summed E-state index contributed by atoms with van der Waals surface area (Å²) in [5.41, 5.74) is 0.906. The number of aromatic nitrogens is 1. The van der Waals surface area contributed by atoms with Gasteiger partial charge in [0.1, 0.15) is 0 Å². The fourth-order valence-electron chi connectivity index (χ4n) is 2.35. The molecule has 0 saturated carbocycles. The highest BCUT2D eigenvalue weighted by Gasteiger charge is 2.30. The molecular weight excluding hydrogens is 248 g/mol. The van der Waals surface area contributed by atoms with E-state index in [2.05, 4.69) is 30.7 Å². The van der Waals surface area contributed by atoms with Gasteiger partial charge in [-0.05, 0) is 19.3 Å². The van der Waals surface area contributed by atoms with Crippen LogP contribution in [0.1, 0.15) is 48.5 Å². The Morgan fingerprint density at radius 2 is 2.28 bits per heavy atom. The van der Waals surface area contributed by atoms with Crippen LogP contribution in [0.2, 0.25) is 0 Å². The van der Waals surface area contributed by atoms with E-state index in [-0.39, 0.29) is 12.0 Å². The van der Waals surface area contributed by atoms with Gasteiger partial charge >= 0.3 is 0 Å². The number of ether oxygens (including phenoxy) is 1. The Morgan fingerprint density at radius 1 is 1.56 bits per heavy atom. The Morgan fingerprint density at radius 3 is 2.72 bits per heavy atom. The molecule has 2 atom stereocenters. The van der Waals surface area contributed by atoms with Crippen molar-refractivity contribution in [1.29, 1.82) is 0 Å². The molecule has 18 heavy (non-hydrogen) atoms. The molecule has 0 N–H and O–H groups in total. The zero-order chi connectivity index (χ0) is 13.3. The zero-order valence-corrected chi connectivity index (χ0v) is 12.2. The van der Waals surface area contributed by atoms with E-state index in [1.807, 2.05) is 7.05 Å². The van der Waals surface area contributed by atoms with Crippen LogP contribution in [-0.4, -0.2) is 37.1 Å². The summed E-state index contributed by atoms with van der Waals surface area (Å²) in [6.45, 7) is 7.02. The summed E-state index contributed by atoms with van der Waals surface area (Å²) >= 11 is 1.48. The average molecular weight is 268 g/mol. The topological polar surface area (TPSA) is 42.4 Å². The lowest BCUT2D eigenvalue weighted by atomic mass is 10.1. The Labute approximate surface area is 112 Å². The van der Waals surface area contributed by atoms with E-state index < -0.39 is 0 Å². The van der Waals surface area contributed by atoms with E-state index in [4.69, 9.17) is 4.74 Å². The molecule has 0 spiro atoms. The summed E-state index contributed by atoms with van der Waals surface area (Å²) in [4.78, 5) is 18.6. The third-order valence-electron chi connectivity index (χ3n) is 3.46. The molecule has 2 heterocycles. The third kappa shape index (κ3) is 2.42. The Balaban J connectivity index is 2.25. The lowest BCUT2D eigenvalue weighted by Crippen LogP contribution is -2.36. The Kier molecular flexibility index (Phi) is 4.02. The van der Waals surface area contributed by atoms with Crippen LogP contribution in [-0.2, 0) is 4.74 Å². The molecule has 1 aliphatic rings. The van der Waals surface area contributed by atoms with E-state index >= 15 is 0 Å². The maximum Gasteiger partial charge on any atom is 0.186 e. The van der Waals surface area contributed by atoms with Crippen molar-refractivity contribution in [3.63, 3.8) is 0 Å². The number of carbonyl (C=O) groups excluding carboxylic acids is 1. The molecule has 5 heteroatoms. The zero-order valence-electron chi connectivity index (χ0n) is 11.3. The quantitative estimate of drug-likeness (QED) is 0.787. The summed E-state index contributed by atoms with van der Waals surface area (Å²) < 4.78 is 5.58. The maximum absolute atomic E-state index is 11.1. The normalized spacial score (nSPS) is 23.6. The fourth-order valence-corrected chi connectivity index (χ4v) is 3.41. The number of aldehydes is 1. The van der Waals surface area contributed by atoms with E-state index in [0.29, 0.717) is 6.04 Å². The van der Waals surface area contributed by atoms with Crippen molar-refractivity contribution in [3.8, 4) is 0 Å². The summed E-state index contributed by atoms with van der Waals surface area (Å²) in [6.07, 6.45) is 2.16. The summed E-state index contributed by atoms with van der Waals surface area (Å²) in [5.74, 6) is 0.279. The van der Waals surface area contributed by atoms with Gasteiger partial charge < -0.3 is 9.64 Å². The highest BCUT2D eigenvalue weighted by atomic mass is 32.1. The molecule has 0 aromatic carbocycles. The van der Waals surface area contributed by atoms with Crippen molar-refractivity contribution in [2.75, 3.05) is 18.6 Å². The van der Waals surface area contributed by atoms with Crippen LogP contribution in [0.3, 0.4) is 0 Å². The third-order valence-corrected chi connectivity index (χ3v) is 4.55. The maximum atomic E-state index is 11.1. The number of nitrogens with zero attached hydrogens (tertiary/aromatic N) is 2. The van der Waals surface area contributed by atoms with Crippen LogP contribution in [0.15, 0.2) is 0 Å². The SMILES string of the molecule is CC(C)c1nc(N(C)C2CCOC2C)sc1C=O. The second-order valence-corrected chi connectivity index (χ2v) is 6.07. The smallest absolute Gasteiger partial charge is 0.186 e. The standard InChI is InChI=1S/C13H20N2O2S/c1-8(2)12-11(7-16)18-13(14-12)15(4)10-5-6-17-9(10)3/h7-10H,5-6H2,1-4H3. The molecule has 0 bridgehead atoms. The molecule has 100 valence electrons. The van der Waals surface area contributed by atoms with Crippen LogP contribution in [0.4, 0.5) is 5.13 Å². The van der Waals surface area contributed by atoms with Crippen LogP contribution in [0.25, 0.3) is 0 Å². The minimum absolute atomic E-state index is 0.223.